The molecule has 0 saturated carbocycles. The standard InChI is InChI=1S/C16H12N2O3S/c19-13(11-5-3-9-17-11)10-21-16(20)8-7-15-18-12-4-1-2-6-14(12)22-15/h1-9,17H,10H2. The lowest BCUT2D eigenvalue weighted by Crippen LogP contribution is -2.12. The molecular formula is C16H12N2O3S. The van der Waals surface area contributed by atoms with Crippen molar-refractivity contribution in [3.05, 3.63) is 59.4 Å². The van der Waals surface area contributed by atoms with E-state index < -0.39 is 5.97 Å². The minimum Gasteiger partial charge on any atom is -0.454 e. The summed E-state index contributed by atoms with van der Waals surface area (Å²) in [5.41, 5.74) is 1.31. The van der Waals surface area contributed by atoms with E-state index in [9.17, 15) is 9.59 Å². The van der Waals surface area contributed by atoms with Crippen molar-refractivity contribution in [3.63, 3.8) is 0 Å². The summed E-state index contributed by atoms with van der Waals surface area (Å²) in [6.07, 6.45) is 4.51. The molecule has 2 heterocycles. The molecule has 0 aliphatic heterocycles. The van der Waals surface area contributed by atoms with Crippen LogP contribution >= 0.6 is 11.3 Å². The van der Waals surface area contributed by atoms with E-state index >= 15 is 0 Å². The number of ether oxygens (including phenoxy) is 1. The summed E-state index contributed by atoms with van der Waals surface area (Å²) in [4.78, 5) is 30.4. The number of para-hydroxylation sites is 1. The predicted molar refractivity (Wildman–Crippen MR) is 84.7 cm³/mol. The maximum Gasteiger partial charge on any atom is 0.331 e. The predicted octanol–water partition coefficient (Wildman–Crippen LogP) is 3.06. The van der Waals surface area contributed by atoms with Crippen molar-refractivity contribution in [2.45, 2.75) is 0 Å². The van der Waals surface area contributed by atoms with Gasteiger partial charge in [-0.1, -0.05) is 12.1 Å². The highest BCUT2D eigenvalue weighted by atomic mass is 32.1. The van der Waals surface area contributed by atoms with Gasteiger partial charge in [-0.25, -0.2) is 9.78 Å². The second-order valence-corrected chi connectivity index (χ2v) is 5.53. The molecule has 0 unspecified atom stereocenters. The lowest BCUT2D eigenvalue weighted by atomic mass is 10.3. The Bertz CT molecular complexity index is 801. The highest BCUT2D eigenvalue weighted by Gasteiger charge is 2.08. The van der Waals surface area contributed by atoms with E-state index in [1.54, 1.807) is 24.4 Å². The first-order chi connectivity index (χ1) is 10.7. The van der Waals surface area contributed by atoms with Crippen LogP contribution in [-0.4, -0.2) is 28.3 Å². The summed E-state index contributed by atoms with van der Waals surface area (Å²) in [6.45, 7) is -0.288. The van der Waals surface area contributed by atoms with Gasteiger partial charge in [-0.15, -0.1) is 11.3 Å². The molecule has 0 saturated heterocycles. The molecule has 2 aromatic heterocycles. The van der Waals surface area contributed by atoms with Crippen LogP contribution in [0.15, 0.2) is 48.7 Å². The van der Waals surface area contributed by atoms with E-state index in [1.165, 1.54) is 17.4 Å². The fourth-order valence-electron chi connectivity index (χ4n) is 1.87. The number of carbonyl (C=O) groups excluding carboxylic acids is 2. The Morgan fingerprint density at radius 2 is 2.09 bits per heavy atom. The molecule has 0 bridgehead atoms. The minimum absolute atomic E-state index is 0.272. The highest BCUT2D eigenvalue weighted by Crippen LogP contribution is 2.22. The van der Waals surface area contributed by atoms with Gasteiger partial charge >= 0.3 is 5.97 Å². The van der Waals surface area contributed by atoms with Gasteiger partial charge in [-0.3, -0.25) is 4.79 Å². The van der Waals surface area contributed by atoms with E-state index in [1.807, 2.05) is 24.3 Å². The number of rotatable bonds is 5. The van der Waals surface area contributed by atoms with Crippen molar-refractivity contribution in [2.24, 2.45) is 0 Å². The van der Waals surface area contributed by atoms with Crippen LogP contribution < -0.4 is 0 Å². The number of nitrogens with zero attached hydrogens (tertiary/aromatic N) is 1. The molecule has 1 N–H and O–H groups in total. The lowest BCUT2D eigenvalue weighted by molar-refractivity contribution is -0.136. The van der Waals surface area contributed by atoms with E-state index in [-0.39, 0.29) is 12.4 Å². The topological polar surface area (TPSA) is 72.0 Å². The molecule has 0 amide bonds. The number of hydrogen-bond acceptors (Lipinski definition) is 5. The number of esters is 1. The number of hydrogen-bond donors (Lipinski definition) is 1. The first-order valence-corrected chi connectivity index (χ1v) is 7.41. The van der Waals surface area contributed by atoms with Gasteiger partial charge in [0, 0.05) is 12.3 Å². The maximum absolute atomic E-state index is 11.7. The molecule has 1 aromatic carbocycles. The minimum atomic E-state index is -0.570. The Morgan fingerprint density at radius 3 is 2.86 bits per heavy atom. The van der Waals surface area contributed by atoms with Gasteiger partial charge in [0.05, 0.1) is 15.9 Å². The van der Waals surface area contributed by atoms with Crippen molar-refractivity contribution < 1.29 is 14.3 Å². The van der Waals surface area contributed by atoms with E-state index in [0.29, 0.717) is 10.7 Å². The van der Waals surface area contributed by atoms with Crippen LogP contribution in [0.3, 0.4) is 0 Å². The zero-order chi connectivity index (χ0) is 15.4. The summed E-state index contributed by atoms with van der Waals surface area (Å²) in [7, 11) is 0. The van der Waals surface area contributed by atoms with Crippen LogP contribution in [0.4, 0.5) is 0 Å². The number of carbonyl (C=O) groups is 2. The average molecular weight is 312 g/mol. The smallest absolute Gasteiger partial charge is 0.331 e. The molecule has 0 aliphatic carbocycles. The van der Waals surface area contributed by atoms with Crippen molar-refractivity contribution in [3.8, 4) is 0 Å². The maximum atomic E-state index is 11.7. The number of H-pyrrole nitrogens is 1. The van der Waals surface area contributed by atoms with Crippen molar-refractivity contribution in [1.29, 1.82) is 0 Å². The summed E-state index contributed by atoms with van der Waals surface area (Å²) in [6, 6.07) is 11.1. The van der Waals surface area contributed by atoms with Gasteiger partial charge in [0.25, 0.3) is 0 Å². The van der Waals surface area contributed by atoms with Crippen LogP contribution in [0.1, 0.15) is 15.5 Å². The Labute approximate surface area is 130 Å². The van der Waals surface area contributed by atoms with Crippen LogP contribution in [0.5, 0.6) is 0 Å². The van der Waals surface area contributed by atoms with Crippen LogP contribution in [0.2, 0.25) is 0 Å². The zero-order valence-electron chi connectivity index (χ0n) is 11.5. The number of aromatic nitrogens is 2. The molecule has 0 aliphatic rings. The monoisotopic (exact) mass is 312 g/mol. The Kier molecular flexibility index (Phi) is 4.11. The number of nitrogens with one attached hydrogen (secondary N) is 1. The Balaban J connectivity index is 1.58. The summed E-state index contributed by atoms with van der Waals surface area (Å²) >= 11 is 1.48. The first kappa shape index (κ1) is 14.2. The van der Waals surface area contributed by atoms with E-state index in [0.717, 1.165) is 10.2 Å². The largest absolute Gasteiger partial charge is 0.454 e. The number of ketones is 1. The molecule has 0 spiro atoms. The van der Waals surface area contributed by atoms with Gasteiger partial charge in [-0.2, -0.15) is 0 Å². The van der Waals surface area contributed by atoms with Crippen LogP contribution in [0, 0.1) is 0 Å². The number of fused-ring (bicyclic) bond motifs is 1. The van der Waals surface area contributed by atoms with Gasteiger partial charge in [-0.05, 0) is 30.3 Å². The highest BCUT2D eigenvalue weighted by molar-refractivity contribution is 7.19. The van der Waals surface area contributed by atoms with Crippen molar-refractivity contribution in [2.75, 3.05) is 6.61 Å². The number of benzene rings is 1. The summed E-state index contributed by atoms with van der Waals surface area (Å²) < 4.78 is 5.96. The van der Waals surface area contributed by atoms with Crippen LogP contribution in [0.25, 0.3) is 16.3 Å². The number of thiazole rings is 1. The fourth-order valence-corrected chi connectivity index (χ4v) is 2.74. The van der Waals surface area contributed by atoms with Crippen molar-refractivity contribution in [1.82, 2.24) is 9.97 Å². The number of Topliss-reactive ketones (excluding diaryl/α,β-unsaturated/α-hetero) is 1. The van der Waals surface area contributed by atoms with Crippen molar-refractivity contribution >= 4 is 39.4 Å². The van der Waals surface area contributed by atoms with E-state index in [2.05, 4.69) is 9.97 Å². The van der Waals surface area contributed by atoms with Crippen LogP contribution in [-0.2, 0) is 9.53 Å². The third-order valence-electron chi connectivity index (χ3n) is 2.92. The molecule has 6 heteroatoms. The molecule has 3 rings (SSSR count). The fraction of sp³-hybridized carbons (Fsp3) is 0.0625. The summed E-state index contributed by atoms with van der Waals surface area (Å²) in [5, 5.41) is 0.717. The van der Waals surface area contributed by atoms with Gasteiger partial charge < -0.3 is 9.72 Å². The van der Waals surface area contributed by atoms with Gasteiger partial charge in [0.2, 0.25) is 5.78 Å². The molecule has 3 aromatic rings. The molecule has 0 radical (unpaired) electrons. The molecular weight excluding hydrogens is 300 g/mol. The SMILES string of the molecule is O=C(C=Cc1nc2ccccc2s1)OCC(=O)c1ccc[nH]1. The third kappa shape index (κ3) is 3.29. The van der Waals surface area contributed by atoms with E-state index in [4.69, 9.17) is 4.74 Å². The molecule has 110 valence electrons. The molecule has 5 nitrogen and oxygen atoms in total. The first-order valence-electron chi connectivity index (χ1n) is 6.59. The van der Waals surface area contributed by atoms with Gasteiger partial charge in [0.15, 0.2) is 6.61 Å². The summed E-state index contributed by atoms with van der Waals surface area (Å²) in [5.74, 6) is -0.842. The average Bonchev–Trinajstić information content (AvgIpc) is 3.19. The normalized spacial score (nSPS) is 11.1. The second kappa shape index (κ2) is 6.36. The zero-order valence-corrected chi connectivity index (χ0v) is 12.3. The second-order valence-electron chi connectivity index (χ2n) is 4.47. The third-order valence-corrected chi connectivity index (χ3v) is 3.92. The molecule has 0 fully saturated rings. The molecule has 22 heavy (non-hydrogen) atoms. The Hall–Kier alpha value is -2.73. The number of aromatic amines is 1. The molecule has 0 atom stereocenters. The quantitative estimate of drug-likeness (QED) is 0.446. The lowest BCUT2D eigenvalue weighted by Gasteiger charge is -1.99. The Morgan fingerprint density at radius 1 is 1.23 bits per heavy atom. The van der Waals surface area contributed by atoms with Gasteiger partial charge in [0.1, 0.15) is 5.01 Å².